The number of carbonyl (C=O) groups is 1. The van der Waals surface area contributed by atoms with Crippen LogP contribution in [0, 0.1) is 0 Å². The number of benzene rings is 1. The fourth-order valence-corrected chi connectivity index (χ4v) is 1.77. The minimum Gasteiger partial charge on any atom is -0.481 e. The summed E-state index contributed by atoms with van der Waals surface area (Å²) in [5, 5.41) is 3.34. The van der Waals surface area contributed by atoms with Crippen molar-refractivity contribution in [1.29, 1.82) is 0 Å². The fourth-order valence-electron chi connectivity index (χ4n) is 1.77. The van der Waals surface area contributed by atoms with Gasteiger partial charge in [-0.05, 0) is 26.0 Å². The Morgan fingerprint density at radius 3 is 2.68 bits per heavy atom. The van der Waals surface area contributed by atoms with E-state index >= 15 is 0 Å². The van der Waals surface area contributed by atoms with E-state index in [2.05, 4.69) is 12.2 Å². The highest BCUT2D eigenvalue weighted by Crippen LogP contribution is 2.19. The van der Waals surface area contributed by atoms with E-state index < -0.39 is 6.10 Å². The van der Waals surface area contributed by atoms with Crippen molar-refractivity contribution in [2.75, 3.05) is 20.6 Å². The van der Waals surface area contributed by atoms with Crippen LogP contribution in [-0.4, -0.2) is 37.6 Å². The minimum atomic E-state index is -0.470. The Balaban J connectivity index is 2.69. The lowest BCUT2D eigenvalue weighted by Gasteiger charge is -2.20. The van der Waals surface area contributed by atoms with Crippen LogP contribution in [0.15, 0.2) is 24.3 Å². The predicted molar refractivity (Wildman–Crippen MR) is 77.2 cm³/mol. The standard InChI is InChI=1S/C15H24N2O2/c1-5-10-16-11-13-8-6-7-9-14(13)19-12(2)15(18)17(3)4/h6-9,12,16H,5,10-11H2,1-4H3. The zero-order chi connectivity index (χ0) is 14.3. The van der Waals surface area contributed by atoms with Gasteiger partial charge in [-0.3, -0.25) is 4.79 Å². The summed E-state index contributed by atoms with van der Waals surface area (Å²) in [5.41, 5.74) is 1.08. The lowest BCUT2D eigenvalue weighted by Crippen LogP contribution is -2.35. The Hall–Kier alpha value is -1.55. The van der Waals surface area contributed by atoms with E-state index in [1.165, 1.54) is 0 Å². The van der Waals surface area contributed by atoms with Crippen molar-refractivity contribution < 1.29 is 9.53 Å². The number of likely N-dealkylation sites (N-methyl/N-ethyl adjacent to an activating group) is 1. The van der Waals surface area contributed by atoms with Gasteiger partial charge in [0, 0.05) is 26.2 Å². The van der Waals surface area contributed by atoms with Crippen LogP contribution in [0.25, 0.3) is 0 Å². The molecule has 0 heterocycles. The molecule has 1 unspecified atom stereocenters. The molecule has 1 amide bonds. The van der Waals surface area contributed by atoms with Crippen LogP contribution in [-0.2, 0) is 11.3 Å². The molecular weight excluding hydrogens is 240 g/mol. The van der Waals surface area contributed by atoms with Crippen molar-refractivity contribution in [1.82, 2.24) is 10.2 Å². The second-order valence-corrected chi connectivity index (χ2v) is 4.78. The van der Waals surface area contributed by atoms with Gasteiger partial charge >= 0.3 is 0 Å². The van der Waals surface area contributed by atoms with Gasteiger partial charge in [-0.1, -0.05) is 25.1 Å². The first-order valence-electron chi connectivity index (χ1n) is 6.72. The molecule has 0 aliphatic rings. The van der Waals surface area contributed by atoms with E-state index in [-0.39, 0.29) is 5.91 Å². The number of amides is 1. The summed E-state index contributed by atoms with van der Waals surface area (Å²) in [6.45, 7) is 5.64. The molecule has 1 rings (SSSR count). The summed E-state index contributed by atoms with van der Waals surface area (Å²) in [4.78, 5) is 13.3. The van der Waals surface area contributed by atoms with Gasteiger partial charge in [0.1, 0.15) is 5.75 Å². The normalized spacial score (nSPS) is 12.0. The Labute approximate surface area is 115 Å². The number of ether oxygens (including phenoxy) is 1. The topological polar surface area (TPSA) is 41.6 Å². The minimum absolute atomic E-state index is 0.0312. The summed E-state index contributed by atoms with van der Waals surface area (Å²) in [7, 11) is 3.47. The summed E-state index contributed by atoms with van der Waals surface area (Å²) in [6.07, 6.45) is 0.626. The van der Waals surface area contributed by atoms with Gasteiger partial charge in [0.05, 0.1) is 0 Å². The van der Waals surface area contributed by atoms with Crippen LogP contribution in [0.5, 0.6) is 5.75 Å². The van der Waals surface area contributed by atoms with Crippen LogP contribution in [0.4, 0.5) is 0 Å². The molecular formula is C15H24N2O2. The van der Waals surface area contributed by atoms with E-state index in [0.717, 1.165) is 30.8 Å². The van der Waals surface area contributed by atoms with Gasteiger partial charge in [0.2, 0.25) is 0 Å². The highest BCUT2D eigenvalue weighted by molar-refractivity contribution is 5.80. The Bertz CT molecular complexity index is 405. The highest BCUT2D eigenvalue weighted by atomic mass is 16.5. The third kappa shape index (κ3) is 4.91. The number of hydrogen-bond donors (Lipinski definition) is 1. The third-order valence-electron chi connectivity index (χ3n) is 2.81. The monoisotopic (exact) mass is 264 g/mol. The first-order chi connectivity index (χ1) is 9.06. The molecule has 0 saturated carbocycles. The van der Waals surface area contributed by atoms with Crippen molar-refractivity contribution in [3.63, 3.8) is 0 Å². The molecule has 0 aromatic heterocycles. The number of para-hydroxylation sites is 1. The van der Waals surface area contributed by atoms with E-state index in [0.29, 0.717) is 0 Å². The van der Waals surface area contributed by atoms with Crippen molar-refractivity contribution in [2.24, 2.45) is 0 Å². The molecule has 1 aromatic rings. The van der Waals surface area contributed by atoms with Crippen molar-refractivity contribution >= 4 is 5.91 Å². The molecule has 0 aliphatic heterocycles. The molecule has 0 fully saturated rings. The number of carbonyl (C=O) groups excluding carboxylic acids is 1. The van der Waals surface area contributed by atoms with Gasteiger partial charge in [-0.15, -0.1) is 0 Å². The van der Waals surface area contributed by atoms with E-state index in [1.54, 1.807) is 25.9 Å². The molecule has 106 valence electrons. The fraction of sp³-hybridized carbons (Fsp3) is 0.533. The molecule has 0 radical (unpaired) electrons. The van der Waals surface area contributed by atoms with Crippen LogP contribution < -0.4 is 10.1 Å². The maximum absolute atomic E-state index is 11.8. The van der Waals surface area contributed by atoms with Gasteiger partial charge < -0.3 is 15.0 Å². The van der Waals surface area contributed by atoms with Gasteiger partial charge in [-0.2, -0.15) is 0 Å². The summed E-state index contributed by atoms with van der Waals surface area (Å²) in [6, 6.07) is 7.83. The molecule has 1 aromatic carbocycles. The molecule has 4 heteroatoms. The average Bonchev–Trinajstić information content (AvgIpc) is 2.39. The van der Waals surface area contributed by atoms with Crippen molar-refractivity contribution in [3.8, 4) is 5.75 Å². The summed E-state index contributed by atoms with van der Waals surface area (Å²) < 4.78 is 5.77. The van der Waals surface area contributed by atoms with E-state index in [1.807, 2.05) is 24.3 Å². The number of hydrogen-bond acceptors (Lipinski definition) is 3. The molecule has 0 saturated heterocycles. The number of nitrogens with one attached hydrogen (secondary N) is 1. The molecule has 1 N–H and O–H groups in total. The SMILES string of the molecule is CCCNCc1ccccc1OC(C)C(=O)N(C)C. The largest absolute Gasteiger partial charge is 0.481 e. The Morgan fingerprint density at radius 1 is 1.37 bits per heavy atom. The maximum atomic E-state index is 11.8. The number of rotatable bonds is 7. The van der Waals surface area contributed by atoms with Gasteiger partial charge in [0.15, 0.2) is 6.10 Å². The van der Waals surface area contributed by atoms with Gasteiger partial charge in [0.25, 0.3) is 5.91 Å². The zero-order valence-electron chi connectivity index (χ0n) is 12.3. The molecule has 0 spiro atoms. The first kappa shape index (κ1) is 15.5. The average molecular weight is 264 g/mol. The molecule has 1 atom stereocenters. The maximum Gasteiger partial charge on any atom is 0.262 e. The van der Waals surface area contributed by atoms with Crippen LogP contribution in [0.1, 0.15) is 25.8 Å². The summed E-state index contributed by atoms with van der Waals surface area (Å²) in [5.74, 6) is 0.741. The second kappa shape index (κ2) is 7.79. The van der Waals surface area contributed by atoms with Crippen molar-refractivity contribution in [3.05, 3.63) is 29.8 Å². The Kier molecular flexibility index (Phi) is 6.36. The molecule has 4 nitrogen and oxygen atoms in total. The highest BCUT2D eigenvalue weighted by Gasteiger charge is 2.17. The zero-order valence-corrected chi connectivity index (χ0v) is 12.3. The first-order valence-corrected chi connectivity index (χ1v) is 6.72. The van der Waals surface area contributed by atoms with E-state index in [4.69, 9.17) is 4.74 Å². The molecule has 19 heavy (non-hydrogen) atoms. The predicted octanol–water partition coefficient (Wildman–Crippen LogP) is 2.04. The Morgan fingerprint density at radius 2 is 2.05 bits per heavy atom. The second-order valence-electron chi connectivity index (χ2n) is 4.78. The van der Waals surface area contributed by atoms with Crippen LogP contribution >= 0.6 is 0 Å². The van der Waals surface area contributed by atoms with Gasteiger partial charge in [-0.25, -0.2) is 0 Å². The third-order valence-corrected chi connectivity index (χ3v) is 2.81. The van der Waals surface area contributed by atoms with E-state index in [9.17, 15) is 4.79 Å². The molecule has 0 aliphatic carbocycles. The number of nitrogens with zero attached hydrogens (tertiary/aromatic N) is 1. The molecule has 0 bridgehead atoms. The van der Waals surface area contributed by atoms with Crippen LogP contribution in [0.2, 0.25) is 0 Å². The van der Waals surface area contributed by atoms with Crippen molar-refractivity contribution in [2.45, 2.75) is 32.9 Å². The lowest BCUT2D eigenvalue weighted by atomic mass is 10.2. The lowest BCUT2D eigenvalue weighted by molar-refractivity contribution is -0.135. The van der Waals surface area contributed by atoms with Crippen LogP contribution in [0.3, 0.4) is 0 Å². The summed E-state index contributed by atoms with van der Waals surface area (Å²) >= 11 is 0. The smallest absolute Gasteiger partial charge is 0.262 e. The quantitative estimate of drug-likeness (QED) is 0.766.